The second-order valence-electron chi connectivity index (χ2n) is 14.5. The van der Waals surface area contributed by atoms with Gasteiger partial charge in [0.2, 0.25) is 0 Å². The summed E-state index contributed by atoms with van der Waals surface area (Å²) >= 11 is 0. The summed E-state index contributed by atoms with van der Waals surface area (Å²) in [4.78, 5) is 2.36. The van der Waals surface area contributed by atoms with Gasteiger partial charge in [0.15, 0.2) is 0 Å². The number of benzene rings is 8. The van der Waals surface area contributed by atoms with Crippen LogP contribution in [-0.4, -0.2) is 4.57 Å². The van der Waals surface area contributed by atoms with Crippen LogP contribution in [0.3, 0.4) is 0 Å². The first-order valence-corrected chi connectivity index (χ1v) is 19.2. The number of hydrogen-bond acceptors (Lipinski definition) is 2. The number of furan rings is 1. The minimum absolute atomic E-state index is 0.869. The maximum Gasteiger partial charge on any atom is 0.143 e. The molecule has 1 aliphatic rings. The fourth-order valence-electron chi connectivity index (χ4n) is 8.60. The van der Waals surface area contributed by atoms with E-state index in [1.807, 2.05) is 0 Å². The predicted octanol–water partition coefficient (Wildman–Crippen LogP) is 14.9. The lowest BCUT2D eigenvalue weighted by molar-refractivity contribution is 0.672. The van der Waals surface area contributed by atoms with Crippen molar-refractivity contribution in [3.8, 4) is 16.8 Å². The van der Waals surface area contributed by atoms with Gasteiger partial charge in [-0.25, -0.2) is 0 Å². The first-order valence-electron chi connectivity index (χ1n) is 19.2. The Bertz CT molecular complexity index is 3220. The van der Waals surface area contributed by atoms with E-state index < -0.39 is 0 Å². The van der Waals surface area contributed by atoms with Gasteiger partial charge in [0.1, 0.15) is 11.2 Å². The molecule has 0 bridgehead atoms. The van der Waals surface area contributed by atoms with Crippen LogP contribution in [0.2, 0.25) is 0 Å². The molecule has 11 rings (SSSR count). The molecule has 10 aromatic rings. The SMILES string of the molecule is C1=CCC=C(c2cccc(-c3cc4c5cc(N(c6ccccc6)c6ccc7c8ccccc8n(-c8ccccc8)c7c6)ccc5oc4c4ccccc34)c2)C=C1. The lowest BCUT2D eigenvalue weighted by Gasteiger charge is -2.26. The summed E-state index contributed by atoms with van der Waals surface area (Å²) in [5, 5.41) is 6.94. The van der Waals surface area contributed by atoms with Crippen molar-refractivity contribution in [2.75, 3.05) is 4.90 Å². The highest BCUT2D eigenvalue weighted by molar-refractivity contribution is 6.20. The van der Waals surface area contributed by atoms with Crippen molar-refractivity contribution in [1.82, 2.24) is 4.57 Å². The standard InChI is InChI=1S/C53H36N2O/c1-2-6-17-36(16-5-1)37-18-15-19-38(32-37)47-35-49-48-33-41(29-31-52(48)56-53(49)46-26-12-11-24-43(46)47)54(39-20-7-3-8-21-39)42-28-30-45-44-25-13-14-27-50(44)55(51(45)34-42)40-22-9-4-10-23-40/h1-5,7-35H,6H2. The third kappa shape index (κ3) is 5.28. The molecule has 0 unspecified atom stereocenters. The van der Waals surface area contributed by atoms with Crippen molar-refractivity contribution in [2.24, 2.45) is 0 Å². The monoisotopic (exact) mass is 716 g/mol. The number of fused-ring (bicyclic) bond motifs is 8. The van der Waals surface area contributed by atoms with E-state index in [2.05, 4.69) is 216 Å². The largest absolute Gasteiger partial charge is 0.455 e. The molecular formula is C53H36N2O. The van der Waals surface area contributed by atoms with Gasteiger partial charge in [0.05, 0.1) is 11.0 Å². The quantitative estimate of drug-likeness (QED) is 0.171. The molecule has 0 N–H and O–H groups in total. The summed E-state index contributed by atoms with van der Waals surface area (Å²) in [7, 11) is 0. The summed E-state index contributed by atoms with van der Waals surface area (Å²) in [5.74, 6) is 0. The predicted molar refractivity (Wildman–Crippen MR) is 237 cm³/mol. The number of allylic oxidation sites excluding steroid dienone is 6. The average Bonchev–Trinajstić information content (AvgIpc) is 3.65. The van der Waals surface area contributed by atoms with Gasteiger partial charge in [-0.15, -0.1) is 0 Å². The first kappa shape index (κ1) is 32.1. The van der Waals surface area contributed by atoms with Crippen LogP contribution < -0.4 is 4.90 Å². The van der Waals surface area contributed by atoms with E-state index >= 15 is 0 Å². The second kappa shape index (κ2) is 13.2. The Kier molecular flexibility index (Phi) is 7.56. The van der Waals surface area contributed by atoms with E-state index in [0.29, 0.717) is 0 Å². The van der Waals surface area contributed by atoms with Gasteiger partial charge in [0.25, 0.3) is 0 Å². The summed E-state index contributed by atoms with van der Waals surface area (Å²) < 4.78 is 9.12. The number of anilines is 3. The summed E-state index contributed by atoms with van der Waals surface area (Å²) in [6.45, 7) is 0. The third-order valence-electron chi connectivity index (χ3n) is 11.2. The Morgan fingerprint density at radius 3 is 2.05 bits per heavy atom. The number of rotatable bonds is 6. The normalized spacial score (nSPS) is 12.9. The Labute approximate surface area is 325 Å². The van der Waals surface area contributed by atoms with Crippen LogP contribution in [0, 0.1) is 0 Å². The van der Waals surface area contributed by atoms with Crippen LogP contribution in [0.1, 0.15) is 12.0 Å². The molecular weight excluding hydrogens is 681 g/mol. The third-order valence-corrected chi connectivity index (χ3v) is 11.2. The van der Waals surface area contributed by atoms with Crippen LogP contribution in [0.5, 0.6) is 0 Å². The maximum absolute atomic E-state index is 6.74. The molecule has 0 atom stereocenters. The molecule has 56 heavy (non-hydrogen) atoms. The Morgan fingerprint density at radius 2 is 1.18 bits per heavy atom. The number of para-hydroxylation sites is 3. The molecule has 0 fully saturated rings. The van der Waals surface area contributed by atoms with Gasteiger partial charge in [-0.05, 0) is 107 Å². The van der Waals surface area contributed by atoms with Crippen LogP contribution in [0.4, 0.5) is 17.1 Å². The Balaban J connectivity index is 1.12. The van der Waals surface area contributed by atoms with Crippen LogP contribution in [0.15, 0.2) is 211 Å². The van der Waals surface area contributed by atoms with Crippen molar-refractivity contribution in [2.45, 2.75) is 6.42 Å². The first-order chi connectivity index (χ1) is 27.8. The summed E-state index contributed by atoms with van der Waals surface area (Å²) in [6, 6.07) is 63.4. The van der Waals surface area contributed by atoms with E-state index in [-0.39, 0.29) is 0 Å². The fourth-order valence-corrected chi connectivity index (χ4v) is 8.60. The zero-order valence-corrected chi connectivity index (χ0v) is 30.6. The molecule has 3 nitrogen and oxygen atoms in total. The highest BCUT2D eigenvalue weighted by Gasteiger charge is 2.20. The number of nitrogens with zero attached hydrogens (tertiary/aromatic N) is 2. The smallest absolute Gasteiger partial charge is 0.143 e. The molecule has 2 aromatic heterocycles. The van der Waals surface area contributed by atoms with E-state index in [0.717, 1.165) is 62.0 Å². The molecule has 1 aliphatic carbocycles. The Hall–Kier alpha value is -7.36. The van der Waals surface area contributed by atoms with Gasteiger partial charge in [-0.1, -0.05) is 134 Å². The van der Waals surface area contributed by atoms with E-state index in [9.17, 15) is 0 Å². The van der Waals surface area contributed by atoms with Gasteiger partial charge in [-0.3, -0.25) is 0 Å². The van der Waals surface area contributed by atoms with Gasteiger partial charge >= 0.3 is 0 Å². The molecule has 2 heterocycles. The lowest BCUT2D eigenvalue weighted by Crippen LogP contribution is -2.10. The molecule has 0 saturated carbocycles. The molecule has 264 valence electrons. The van der Waals surface area contributed by atoms with Gasteiger partial charge in [-0.2, -0.15) is 0 Å². The molecule has 0 aliphatic heterocycles. The van der Waals surface area contributed by atoms with Gasteiger partial charge in [0, 0.05) is 49.7 Å². The molecule has 0 radical (unpaired) electrons. The van der Waals surface area contributed by atoms with Crippen molar-refractivity contribution < 1.29 is 4.42 Å². The topological polar surface area (TPSA) is 21.3 Å². The Morgan fingerprint density at radius 1 is 0.464 bits per heavy atom. The van der Waals surface area contributed by atoms with Crippen molar-refractivity contribution >= 4 is 77.2 Å². The molecule has 8 aromatic carbocycles. The molecule has 0 spiro atoms. The van der Waals surface area contributed by atoms with Crippen molar-refractivity contribution in [3.05, 3.63) is 212 Å². The zero-order chi connectivity index (χ0) is 37.0. The lowest BCUT2D eigenvalue weighted by atomic mass is 9.93. The highest BCUT2D eigenvalue weighted by atomic mass is 16.3. The summed E-state index contributed by atoms with van der Waals surface area (Å²) in [6.07, 6.45) is 11.9. The number of aromatic nitrogens is 1. The van der Waals surface area contributed by atoms with Gasteiger partial charge < -0.3 is 13.9 Å². The van der Waals surface area contributed by atoms with Crippen molar-refractivity contribution in [1.29, 1.82) is 0 Å². The zero-order valence-electron chi connectivity index (χ0n) is 30.6. The maximum atomic E-state index is 6.74. The van der Waals surface area contributed by atoms with E-state index in [4.69, 9.17) is 4.42 Å². The molecule has 3 heteroatoms. The number of hydrogen-bond donors (Lipinski definition) is 0. The summed E-state index contributed by atoms with van der Waals surface area (Å²) in [5.41, 5.74) is 13.3. The highest BCUT2D eigenvalue weighted by Crippen LogP contribution is 2.44. The minimum Gasteiger partial charge on any atom is -0.455 e. The van der Waals surface area contributed by atoms with E-state index in [1.54, 1.807) is 0 Å². The van der Waals surface area contributed by atoms with Crippen LogP contribution in [0.25, 0.3) is 76.9 Å². The molecule has 0 saturated heterocycles. The minimum atomic E-state index is 0.869. The van der Waals surface area contributed by atoms with Crippen LogP contribution >= 0.6 is 0 Å². The van der Waals surface area contributed by atoms with Crippen LogP contribution in [-0.2, 0) is 0 Å². The van der Waals surface area contributed by atoms with E-state index in [1.165, 1.54) is 43.9 Å². The fraction of sp³-hybridized carbons (Fsp3) is 0.0189. The second-order valence-corrected chi connectivity index (χ2v) is 14.5. The molecule has 0 amide bonds. The van der Waals surface area contributed by atoms with Crippen molar-refractivity contribution in [3.63, 3.8) is 0 Å². The average molecular weight is 717 g/mol.